The maximum Gasteiger partial charge on any atom is 0.106 e. The second-order valence-electron chi connectivity index (χ2n) is 3.05. The Morgan fingerprint density at radius 2 is 2.29 bits per heavy atom. The Balaban J connectivity index is 2.23. The molecule has 0 aromatic carbocycles. The fourth-order valence-electron chi connectivity index (χ4n) is 1.28. The van der Waals surface area contributed by atoms with Crippen molar-refractivity contribution < 1.29 is 0 Å². The van der Waals surface area contributed by atoms with Gasteiger partial charge in [0.05, 0.1) is 12.2 Å². The van der Waals surface area contributed by atoms with Gasteiger partial charge in [0.2, 0.25) is 0 Å². The Hall–Kier alpha value is -1.16. The van der Waals surface area contributed by atoms with Crippen LogP contribution < -0.4 is 0 Å². The number of rotatable bonds is 2. The minimum atomic E-state index is 0.769. The highest BCUT2D eigenvalue weighted by Crippen LogP contribution is 2.08. The summed E-state index contributed by atoms with van der Waals surface area (Å²) in [6.07, 6.45) is 3.76. The summed E-state index contributed by atoms with van der Waals surface area (Å²) in [5, 5.41) is 0. The van der Waals surface area contributed by atoms with Crippen molar-refractivity contribution in [3.8, 4) is 0 Å². The number of aromatic nitrogens is 3. The monoisotopic (exact) mass is 251 g/mol. The molecule has 2 aromatic rings. The van der Waals surface area contributed by atoms with Gasteiger partial charge < -0.3 is 4.57 Å². The van der Waals surface area contributed by atoms with Crippen LogP contribution in [0.15, 0.2) is 35.2 Å². The Kier molecular flexibility index (Phi) is 2.63. The lowest BCUT2D eigenvalue weighted by molar-refractivity contribution is 0.740. The molecule has 72 valence electrons. The molecule has 2 aromatic heterocycles. The van der Waals surface area contributed by atoms with Crippen LogP contribution in [0.1, 0.15) is 11.5 Å². The molecule has 3 nitrogen and oxygen atoms in total. The fraction of sp³-hybridized carbons (Fsp3) is 0.200. The van der Waals surface area contributed by atoms with Gasteiger partial charge in [-0.05, 0) is 35.0 Å². The van der Waals surface area contributed by atoms with E-state index in [1.54, 1.807) is 6.20 Å². The molecule has 0 spiro atoms. The highest BCUT2D eigenvalue weighted by atomic mass is 79.9. The van der Waals surface area contributed by atoms with E-state index in [-0.39, 0.29) is 0 Å². The molecule has 0 amide bonds. The molecule has 0 aliphatic heterocycles. The molecule has 4 heteroatoms. The molecule has 0 N–H and O–H groups in total. The van der Waals surface area contributed by atoms with Crippen molar-refractivity contribution in [1.29, 1.82) is 0 Å². The molecule has 14 heavy (non-hydrogen) atoms. The van der Waals surface area contributed by atoms with Crippen LogP contribution in [0.5, 0.6) is 0 Å². The minimum Gasteiger partial charge on any atom is -0.329 e. The van der Waals surface area contributed by atoms with Gasteiger partial charge in [-0.2, -0.15) is 0 Å². The van der Waals surface area contributed by atoms with Gasteiger partial charge in [0.25, 0.3) is 0 Å². The Morgan fingerprint density at radius 3 is 2.93 bits per heavy atom. The number of hydrogen-bond donors (Lipinski definition) is 0. The largest absolute Gasteiger partial charge is 0.329 e. The average Bonchev–Trinajstić information content (AvgIpc) is 2.52. The summed E-state index contributed by atoms with van der Waals surface area (Å²) in [5.74, 6) is 1.01. The van der Waals surface area contributed by atoms with E-state index in [0.29, 0.717) is 0 Å². The first-order valence-corrected chi connectivity index (χ1v) is 5.14. The number of imidazole rings is 1. The lowest BCUT2D eigenvalue weighted by atomic mass is 10.3. The van der Waals surface area contributed by atoms with Gasteiger partial charge >= 0.3 is 0 Å². The lowest BCUT2D eigenvalue weighted by Crippen LogP contribution is -2.02. The van der Waals surface area contributed by atoms with Gasteiger partial charge in [-0.1, -0.05) is 6.07 Å². The third-order valence-electron chi connectivity index (χ3n) is 2.03. The summed E-state index contributed by atoms with van der Waals surface area (Å²) in [6.45, 7) is 2.75. The first-order chi connectivity index (χ1) is 6.75. The standard InChI is InChI=1S/C10H10BrN3/c1-8-12-5-6-14(8)7-9-3-2-4-10(11)13-9/h2-6H,7H2,1H3. The van der Waals surface area contributed by atoms with Crippen molar-refractivity contribution in [2.75, 3.05) is 0 Å². The van der Waals surface area contributed by atoms with E-state index in [4.69, 9.17) is 0 Å². The zero-order chi connectivity index (χ0) is 9.97. The molecule has 0 unspecified atom stereocenters. The second-order valence-corrected chi connectivity index (χ2v) is 3.87. The van der Waals surface area contributed by atoms with Gasteiger partial charge in [0.15, 0.2) is 0 Å². The van der Waals surface area contributed by atoms with E-state index < -0.39 is 0 Å². The molecule has 0 saturated heterocycles. The van der Waals surface area contributed by atoms with Crippen LogP contribution in [0.2, 0.25) is 0 Å². The molecular weight excluding hydrogens is 242 g/mol. The van der Waals surface area contributed by atoms with E-state index in [0.717, 1.165) is 22.7 Å². The normalized spacial score (nSPS) is 10.4. The number of nitrogens with zero attached hydrogens (tertiary/aromatic N) is 3. The molecule has 0 saturated carbocycles. The van der Waals surface area contributed by atoms with E-state index in [2.05, 4.69) is 30.5 Å². The number of halogens is 1. The van der Waals surface area contributed by atoms with E-state index in [1.165, 1.54) is 0 Å². The Bertz CT molecular complexity index is 436. The Morgan fingerprint density at radius 1 is 1.43 bits per heavy atom. The maximum atomic E-state index is 4.36. The molecule has 0 radical (unpaired) electrons. The van der Waals surface area contributed by atoms with Crippen LogP contribution in [-0.4, -0.2) is 14.5 Å². The van der Waals surface area contributed by atoms with Crippen LogP contribution >= 0.6 is 15.9 Å². The molecule has 2 rings (SSSR count). The van der Waals surface area contributed by atoms with Crippen LogP contribution in [0.4, 0.5) is 0 Å². The van der Waals surface area contributed by atoms with Gasteiger partial charge in [-0.3, -0.25) is 0 Å². The molecule has 0 fully saturated rings. The quantitative estimate of drug-likeness (QED) is 0.768. The summed E-state index contributed by atoms with van der Waals surface area (Å²) in [5.41, 5.74) is 1.03. The lowest BCUT2D eigenvalue weighted by Gasteiger charge is -2.04. The predicted molar refractivity (Wildman–Crippen MR) is 58.0 cm³/mol. The first-order valence-electron chi connectivity index (χ1n) is 4.35. The smallest absolute Gasteiger partial charge is 0.106 e. The molecule has 0 aliphatic carbocycles. The van der Waals surface area contributed by atoms with E-state index in [1.807, 2.05) is 31.3 Å². The van der Waals surface area contributed by atoms with Crippen LogP contribution in [0.25, 0.3) is 0 Å². The molecule has 0 bridgehead atoms. The van der Waals surface area contributed by atoms with Gasteiger partial charge in [0.1, 0.15) is 10.4 Å². The maximum absolute atomic E-state index is 4.36. The third-order valence-corrected chi connectivity index (χ3v) is 2.47. The van der Waals surface area contributed by atoms with Crippen molar-refractivity contribution in [3.63, 3.8) is 0 Å². The van der Waals surface area contributed by atoms with Crippen LogP contribution in [-0.2, 0) is 6.54 Å². The summed E-state index contributed by atoms with van der Waals surface area (Å²) in [6, 6.07) is 5.91. The first kappa shape index (κ1) is 9.40. The average molecular weight is 252 g/mol. The number of pyridine rings is 1. The van der Waals surface area contributed by atoms with E-state index >= 15 is 0 Å². The highest BCUT2D eigenvalue weighted by molar-refractivity contribution is 9.10. The van der Waals surface area contributed by atoms with Crippen molar-refractivity contribution in [2.45, 2.75) is 13.5 Å². The Labute approximate surface area is 90.9 Å². The SMILES string of the molecule is Cc1nccn1Cc1cccc(Br)n1. The summed E-state index contributed by atoms with van der Waals surface area (Å²) in [7, 11) is 0. The van der Waals surface area contributed by atoms with E-state index in [9.17, 15) is 0 Å². The summed E-state index contributed by atoms with van der Waals surface area (Å²) in [4.78, 5) is 8.52. The second kappa shape index (κ2) is 3.92. The number of aryl methyl sites for hydroxylation is 1. The topological polar surface area (TPSA) is 30.7 Å². The van der Waals surface area contributed by atoms with Gasteiger partial charge in [-0.25, -0.2) is 9.97 Å². The highest BCUT2D eigenvalue weighted by Gasteiger charge is 1.99. The molecule has 0 atom stereocenters. The van der Waals surface area contributed by atoms with Crippen molar-refractivity contribution in [3.05, 3.63) is 46.7 Å². The zero-order valence-electron chi connectivity index (χ0n) is 7.81. The summed E-state index contributed by atoms with van der Waals surface area (Å²) < 4.78 is 2.93. The van der Waals surface area contributed by atoms with Gasteiger partial charge in [-0.15, -0.1) is 0 Å². The molecule has 2 heterocycles. The van der Waals surface area contributed by atoms with Crippen molar-refractivity contribution in [2.24, 2.45) is 0 Å². The minimum absolute atomic E-state index is 0.769. The zero-order valence-corrected chi connectivity index (χ0v) is 9.40. The van der Waals surface area contributed by atoms with Crippen molar-refractivity contribution >= 4 is 15.9 Å². The molecular formula is C10H10BrN3. The fourth-order valence-corrected chi connectivity index (χ4v) is 1.66. The summed E-state index contributed by atoms with van der Waals surface area (Å²) >= 11 is 3.35. The predicted octanol–water partition coefficient (Wildman–Crippen LogP) is 2.40. The van der Waals surface area contributed by atoms with Crippen LogP contribution in [0.3, 0.4) is 0 Å². The van der Waals surface area contributed by atoms with Crippen molar-refractivity contribution in [1.82, 2.24) is 14.5 Å². The molecule has 0 aliphatic rings. The van der Waals surface area contributed by atoms with Crippen LogP contribution in [0, 0.1) is 6.92 Å². The van der Waals surface area contributed by atoms with Gasteiger partial charge in [0, 0.05) is 12.4 Å². The number of hydrogen-bond acceptors (Lipinski definition) is 2. The third kappa shape index (κ3) is 2.01.